The number of pyridine rings is 1. The number of amides is 2. The van der Waals surface area contributed by atoms with E-state index in [2.05, 4.69) is 11.1 Å². The molecule has 0 aliphatic carbocycles. The van der Waals surface area contributed by atoms with Gasteiger partial charge in [-0.25, -0.2) is 4.98 Å². The minimum atomic E-state index is -0.590. The van der Waals surface area contributed by atoms with Gasteiger partial charge < -0.3 is 14.9 Å². The fourth-order valence-electron chi connectivity index (χ4n) is 3.09. The van der Waals surface area contributed by atoms with Crippen LogP contribution in [-0.4, -0.2) is 50.8 Å². The summed E-state index contributed by atoms with van der Waals surface area (Å²) < 4.78 is 0. The minimum Gasteiger partial charge on any atom is -0.505 e. The molecule has 1 aliphatic rings. The Morgan fingerprint density at radius 1 is 1.28 bits per heavy atom. The molecule has 0 bridgehead atoms. The van der Waals surface area contributed by atoms with Crippen molar-refractivity contribution in [3.63, 3.8) is 0 Å². The van der Waals surface area contributed by atoms with Crippen LogP contribution in [0.3, 0.4) is 0 Å². The van der Waals surface area contributed by atoms with Crippen LogP contribution in [0.25, 0.3) is 0 Å². The number of nitrogens with zero attached hydrogens (tertiary/aromatic N) is 3. The average molecular weight is 339 g/mol. The van der Waals surface area contributed by atoms with Gasteiger partial charge in [-0.3, -0.25) is 9.59 Å². The molecule has 2 amide bonds. The summed E-state index contributed by atoms with van der Waals surface area (Å²) in [5.41, 5.74) is 2.20. The smallest absolute Gasteiger partial charge is 0.277 e. The van der Waals surface area contributed by atoms with Gasteiger partial charge in [-0.1, -0.05) is 29.8 Å². The lowest BCUT2D eigenvalue weighted by Gasteiger charge is -2.39. The predicted octanol–water partition coefficient (Wildman–Crippen LogP) is 1.97. The van der Waals surface area contributed by atoms with Crippen molar-refractivity contribution >= 4 is 11.8 Å². The largest absolute Gasteiger partial charge is 0.505 e. The van der Waals surface area contributed by atoms with Crippen molar-refractivity contribution in [1.82, 2.24) is 14.8 Å². The first-order valence-corrected chi connectivity index (χ1v) is 8.26. The van der Waals surface area contributed by atoms with Crippen LogP contribution in [0.5, 0.6) is 5.75 Å². The molecule has 130 valence electrons. The highest BCUT2D eigenvalue weighted by Crippen LogP contribution is 2.20. The summed E-state index contributed by atoms with van der Waals surface area (Å²) in [6.07, 6.45) is 1.45. The molecule has 1 aromatic carbocycles. The summed E-state index contributed by atoms with van der Waals surface area (Å²) in [4.78, 5) is 32.5. The van der Waals surface area contributed by atoms with Gasteiger partial charge in [0, 0.05) is 25.8 Å². The second-order valence-corrected chi connectivity index (χ2v) is 6.29. The lowest BCUT2D eigenvalue weighted by atomic mass is 10.1. The molecule has 3 rings (SSSR count). The number of hydrogen-bond donors (Lipinski definition) is 1. The summed E-state index contributed by atoms with van der Waals surface area (Å²) in [7, 11) is 0. The lowest BCUT2D eigenvalue weighted by Crippen LogP contribution is -2.57. The lowest BCUT2D eigenvalue weighted by molar-refractivity contribution is -0.140. The van der Waals surface area contributed by atoms with Crippen molar-refractivity contribution < 1.29 is 14.7 Å². The van der Waals surface area contributed by atoms with Gasteiger partial charge in [0.2, 0.25) is 5.91 Å². The van der Waals surface area contributed by atoms with Gasteiger partial charge in [-0.2, -0.15) is 0 Å². The molecular weight excluding hydrogens is 318 g/mol. The van der Waals surface area contributed by atoms with Crippen LogP contribution in [0.4, 0.5) is 0 Å². The fourth-order valence-corrected chi connectivity index (χ4v) is 3.09. The molecule has 1 aliphatic heterocycles. The van der Waals surface area contributed by atoms with Crippen molar-refractivity contribution in [2.45, 2.75) is 26.4 Å². The molecular formula is C19H21N3O3. The molecule has 2 heterocycles. The number of aromatic nitrogens is 1. The molecule has 0 unspecified atom stereocenters. The normalized spacial score (nSPS) is 17.7. The molecule has 6 heteroatoms. The van der Waals surface area contributed by atoms with Crippen LogP contribution in [0.15, 0.2) is 42.6 Å². The standard InChI is InChI=1S/C19H21N3O3/c1-13-5-3-6-15(11-13)12-21-9-10-22(14(2)18(21)24)19(25)17-16(23)7-4-8-20-17/h3-8,11,14,23H,9-10,12H2,1-2H3/t14-/m1/s1. The van der Waals surface area contributed by atoms with E-state index in [1.54, 1.807) is 17.9 Å². The number of rotatable bonds is 3. The van der Waals surface area contributed by atoms with Gasteiger partial charge in [0.05, 0.1) is 0 Å². The second kappa shape index (κ2) is 6.93. The number of carbonyl (C=O) groups is 2. The van der Waals surface area contributed by atoms with E-state index < -0.39 is 11.9 Å². The molecule has 1 saturated heterocycles. The van der Waals surface area contributed by atoms with Gasteiger partial charge in [0.15, 0.2) is 5.69 Å². The van der Waals surface area contributed by atoms with E-state index in [4.69, 9.17) is 0 Å². The van der Waals surface area contributed by atoms with Crippen molar-refractivity contribution in [3.8, 4) is 5.75 Å². The number of hydrogen-bond acceptors (Lipinski definition) is 4. The summed E-state index contributed by atoms with van der Waals surface area (Å²) in [5.74, 6) is -0.694. The summed E-state index contributed by atoms with van der Waals surface area (Å²) >= 11 is 0. The number of benzene rings is 1. The molecule has 1 aromatic heterocycles. The fraction of sp³-hybridized carbons (Fsp3) is 0.316. The topological polar surface area (TPSA) is 73.7 Å². The third-order valence-corrected chi connectivity index (χ3v) is 4.45. The predicted molar refractivity (Wildman–Crippen MR) is 93.0 cm³/mol. The summed E-state index contributed by atoms with van der Waals surface area (Å²) in [6.45, 7) is 5.12. The Labute approximate surface area is 146 Å². The molecule has 6 nitrogen and oxygen atoms in total. The van der Waals surface area contributed by atoms with E-state index >= 15 is 0 Å². The molecule has 1 N–H and O–H groups in total. The Balaban J connectivity index is 1.73. The highest BCUT2D eigenvalue weighted by atomic mass is 16.3. The average Bonchev–Trinajstić information content (AvgIpc) is 2.59. The maximum atomic E-state index is 12.7. The number of aromatic hydroxyl groups is 1. The van der Waals surface area contributed by atoms with Crippen molar-refractivity contribution in [1.29, 1.82) is 0 Å². The van der Waals surface area contributed by atoms with Crippen molar-refractivity contribution in [3.05, 3.63) is 59.4 Å². The monoisotopic (exact) mass is 339 g/mol. The van der Waals surface area contributed by atoms with Gasteiger partial charge in [-0.05, 0) is 31.5 Å². The van der Waals surface area contributed by atoms with Crippen LogP contribution in [0, 0.1) is 6.92 Å². The van der Waals surface area contributed by atoms with Crippen LogP contribution in [-0.2, 0) is 11.3 Å². The number of carbonyl (C=O) groups excluding carboxylic acids is 2. The highest BCUT2D eigenvalue weighted by Gasteiger charge is 2.35. The first kappa shape index (κ1) is 17.0. The first-order chi connectivity index (χ1) is 12.0. The van der Waals surface area contributed by atoms with Crippen LogP contribution in [0.2, 0.25) is 0 Å². The quantitative estimate of drug-likeness (QED) is 0.928. The summed E-state index contributed by atoms with van der Waals surface area (Å²) in [5, 5.41) is 9.83. The Morgan fingerprint density at radius 3 is 2.80 bits per heavy atom. The van der Waals surface area contributed by atoms with E-state index in [1.807, 2.05) is 25.1 Å². The van der Waals surface area contributed by atoms with Crippen molar-refractivity contribution in [2.24, 2.45) is 0 Å². The third kappa shape index (κ3) is 3.47. The van der Waals surface area contributed by atoms with Gasteiger partial charge in [0.1, 0.15) is 11.8 Å². The van der Waals surface area contributed by atoms with E-state index in [0.29, 0.717) is 19.6 Å². The number of aryl methyl sites for hydroxylation is 1. The zero-order valence-corrected chi connectivity index (χ0v) is 14.3. The molecule has 0 spiro atoms. The van der Waals surface area contributed by atoms with E-state index in [9.17, 15) is 14.7 Å². The molecule has 0 radical (unpaired) electrons. The first-order valence-electron chi connectivity index (χ1n) is 8.26. The minimum absolute atomic E-state index is 0.0192. The summed E-state index contributed by atoms with van der Waals surface area (Å²) in [6, 6.07) is 10.4. The van der Waals surface area contributed by atoms with E-state index in [0.717, 1.165) is 11.1 Å². The van der Waals surface area contributed by atoms with E-state index in [1.165, 1.54) is 17.2 Å². The zero-order chi connectivity index (χ0) is 18.0. The third-order valence-electron chi connectivity index (χ3n) is 4.45. The SMILES string of the molecule is Cc1cccc(CN2CCN(C(=O)c3ncccc3O)[C@H](C)C2=O)c1. The van der Waals surface area contributed by atoms with Crippen molar-refractivity contribution in [2.75, 3.05) is 13.1 Å². The maximum Gasteiger partial charge on any atom is 0.277 e. The zero-order valence-electron chi connectivity index (χ0n) is 14.3. The Bertz CT molecular complexity index is 806. The highest BCUT2D eigenvalue weighted by molar-refractivity contribution is 5.98. The molecule has 1 atom stereocenters. The second-order valence-electron chi connectivity index (χ2n) is 6.29. The van der Waals surface area contributed by atoms with Crippen LogP contribution >= 0.6 is 0 Å². The Hall–Kier alpha value is -2.89. The maximum absolute atomic E-state index is 12.7. The molecule has 25 heavy (non-hydrogen) atoms. The van der Waals surface area contributed by atoms with Crippen LogP contribution in [0.1, 0.15) is 28.5 Å². The number of piperazine rings is 1. The van der Waals surface area contributed by atoms with Gasteiger partial charge >= 0.3 is 0 Å². The van der Waals surface area contributed by atoms with Gasteiger partial charge in [0.25, 0.3) is 5.91 Å². The molecule has 0 saturated carbocycles. The van der Waals surface area contributed by atoms with Crippen LogP contribution < -0.4 is 0 Å². The van der Waals surface area contributed by atoms with Gasteiger partial charge in [-0.15, -0.1) is 0 Å². The molecule has 1 fully saturated rings. The Morgan fingerprint density at radius 2 is 2.08 bits per heavy atom. The van der Waals surface area contributed by atoms with E-state index in [-0.39, 0.29) is 17.4 Å². The Kier molecular flexibility index (Phi) is 4.70. The molecule has 2 aromatic rings.